The average Bonchev–Trinajstić information content (AvgIpc) is 2.65. The van der Waals surface area contributed by atoms with Crippen LogP contribution in [-0.2, 0) is 21.2 Å². The summed E-state index contributed by atoms with van der Waals surface area (Å²) in [6.45, 7) is 6.13. The van der Waals surface area contributed by atoms with Gasteiger partial charge in [0.1, 0.15) is 6.04 Å². The molecule has 7 heteroatoms. The van der Waals surface area contributed by atoms with Crippen molar-refractivity contribution in [3.05, 3.63) is 64.2 Å². The maximum atomic E-state index is 12.8. The molecule has 0 heterocycles. The van der Waals surface area contributed by atoms with Gasteiger partial charge >= 0.3 is 0 Å². The molecule has 0 radical (unpaired) electrons. The van der Waals surface area contributed by atoms with Gasteiger partial charge in [-0.25, -0.2) is 8.42 Å². The normalized spacial score (nSPS) is 12.4. The van der Waals surface area contributed by atoms with Crippen molar-refractivity contribution in [2.24, 2.45) is 0 Å². The molecule has 0 unspecified atom stereocenters. The number of nitrogens with one attached hydrogen (secondary N) is 1. The Labute approximate surface area is 179 Å². The Morgan fingerprint density at radius 1 is 1.14 bits per heavy atom. The molecule has 29 heavy (non-hydrogen) atoms. The highest BCUT2D eigenvalue weighted by Crippen LogP contribution is 2.29. The van der Waals surface area contributed by atoms with Gasteiger partial charge in [-0.3, -0.25) is 9.10 Å². The number of sulfonamides is 1. The highest BCUT2D eigenvalue weighted by atomic mass is 35.5. The fraction of sp³-hybridized carbons (Fsp3) is 0.409. The van der Waals surface area contributed by atoms with Crippen LogP contribution >= 0.6 is 11.6 Å². The minimum Gasteiger partial charge on any atom is -0.354 e. The van der Waals surface area contributed by atoms with Crippen LogP contribution in [-0.4, -0.2) is 33.2 Å². The van der Waals surface area contributed by atoms with E-state index in [2.05, 4.69) is 29.6 Å². The van der Waals surface area contributed by atoms with Crippen molar-refractivity contribution in [3.63, 3.8) is 0 Å². The van der Waals surface area contributed by atoms with Crippen LogP contribution < -0.4 is 9.62 Å². The minimum absolute atomic E-state index is 0.304. The van der Waals surface area contributed by atoms with Crippen molar-refractivity contribution in [3.8, 4) is 0 Å². The molecule has 2 rings (SSSR count). The molecule has 0 saturated heterocycles. The van der Waals surface area contributed by atoms with Crippen molar-refractivity contribution >= 4 is 33.2 Å². The number of nitrogens with zero attached hydrogens (tertiary/aromatic N) is 1. The number of benzene rings is 2. The third kappa shape index (κ3) is 6.47. The minimum atomic E-state index is -3.68. The smallest absolute Gasteiger partial charge is 0.243 e. The maximum absolute atomic E-state index is 12.8. The largest absolute Gasteiger partial charge is 0.354 e. The predicted octanol–water partition coefficient (Wildman–Crippen LogP) is 4.25. The van der Waals surface area contributed by atoms with Gasteiger partial charge in [0.2, 0.25) is 15.9 Å². The van der Waals surface area contributed by atoms with E-state index in [4.69, 9.17) is 11.6 Å². The lowest BCUT2D eigenvalue weighted by Gasteiger charge is -2.31. The Morgan fingerprint density at radius 2 is 1.79 bits per heavy atom. The van der Waals surface area contributed by atoms with Gasteiger partial charge in [-0.1, -0.05) is 54.4 Å². The van der Waals surface area contributed by atoms with Crippen molar-refractivity contribution in [2.45, 2.75) is 46.1 Å². The first-order valence-corrected chi connectivity index (χ1v) is 11.9. The number of carbonyl (C=O) groups is 1. The third-order valence-electron chi connectivity index (χ3n) is 4.80. The second kappa shape index (κ2) is 10.1. The molecule has 0 aliphatic rings. The van der Waals surface area contributed by atoms with Gasteiger partial charge < -0.3 is 5.32 Å². The SMILES string of the molecule is CC[C@H](C(=O)NCCCc1ccc(C)cc1)N(c1cc(Cl)ccc1C)S(C)(=O)=O. The van der Waals surface area contributed by atoms with E-state index in [1.165, 1.54) is 15.4 Å². The first-order valence-electron chi connectivity index (χ1n) is 9.72. The quantitative estimate of drug-likeness (QED) is 0.597. The topological polar surface area (TPSA) is 66.5 Å². The van der Waals surface area contributed by atoms with E-state index in [1.807, 2.05) is 6.92 Å². The Morgan fingerprint density at radius 3 is 2.38 bits per heavy atom. The molecule has 0 saturated carbocycles. The first-order chi connectivity index (χ1) is 13.6. The van der Waals surface area contributed by atoms with Crippen molar-refractivity contribution in [2.75, 3.05) is 17.1 Å². The lowest BCUT2D eigenvalue weighted by atomic mass is 10.1. The summed E-state index contributed by atoms with van der Waals surface area (Å²) >= 11 is 6.09. The molecule has 2 aromatic carbocycles. The Hall–Kier alpha value is -2.05. The summed E-state index contributed by atoms with van der Waals surface area (Å²) in [5.41, 5.74) is 3.60. The van der Waals surface area contributed by atoms with Crippen molar-refractivity contribution in [1.82, 2.24) is 5.32 Å². The molecular weight excluding hydrogens is 408 g/mol. The zero-order chi connectivity index (χ0) is 21.6. The molecule has 2 aromatic rings. The second-order valence-corrected chi connectivity index (χ2v) is 9.59. The fourth-order valence-electron chi connectivity index (χ4n) is 3.23. The first kappa shape index (κ1) is 23.2. The van der Waals surface area contributed by atoms with Crippen molar-refractivity contribution in [1.29, 1.82) is 0 Å². The van der Waals surface area contributed by atoms with E-state index in [9.17, 15) is 13.2 Å². The van der Waals surface area contributed by atoms with Crippen LogP contribution in [0.4, 0.5) is 5.69 Å². The van der Waals surface area contributed by atoms with Gasteiger partial charge in [0, 0.05) is 11.6 Å². The zero-order valence-electron chi connectivity index (χ0n) is 17.4. The summed E-state index contributed by atoms with van der Waals surface area (Å²) in [7, 11) is -3.68. The summed E-state index contributed by atoms with van der Waals surface area (Å²) in [5, 5.41) is 3.32. The van der Waals surface area contributed by atoms with E-state index in [-0.39, 0.29) is 5.91 Å². The molecule has 158 valence electrons. The molecule has 1 amide bonds. The second-order valence-electron chi connectivity index (χ2n) is 7.29. The van der Waals surface area contributed by atoms with Crippen LogP contribution in [0.1, 0.15) is 36.5 Å². The molecule has 0 bridgehead atoms. The standard InChI is InChI=1S/C22H29ClN2O3S/c1-5-20(22(26)24-14-6-7-18-11-8-16(2)9-12-18)25(29(4,27)28)21-15-19(23)13-10-17(21)3/h8-13,15,20H,5-7,14H2,1-4H3,(H,24,26)/t20-/m1/s1. The lowest BCUT2D eigenvalue weighted by Crippen LogP contribution is -2.49. The van der Waals surface area contributed by atoms with E-state index in [0.717, 1.165) is 24.7 Å². The van der Waals surface area contributed by atoms with Crippen LogP contribution in [0.5, 0.6) is 0 Å². The third-order valence-corrected chi connectivity index (χ3v) is 6.20. The average molecular weight is 437 g/mol. The van der Waals surface area contributed by atoms with Gasteiger partial charge in [0.05, 0.1) is 11.9 Å². The lowest BCUT2D eigenvalue weighted by molar-refractivity contribution is -0.122. The van der Waals surface area contributed by atoms with Crippen LogP contribution in [0.25, 0.3) is 0 Å². The predicted molar refractivity (Wildman–Crippen MR) is 120 cm³/mol. The molecule has 5 nitrogen and oxygen atoms in total. The summed E-state index contributed by atoms with van der Waals surface area (Å²) in [4.78, 5) is 12.8. The summed E-state index contributed by atoms with van der Waals surface area (Å²) < 4.78 is 26.3. The number of halogens is 1. The van der Waals surface area contributed by atoms with E-state index < -0.39 is 16.1 Å². The van der Waals surface area contributed by atoms with E-state index >= 15 is 0 Å². The van der Waals surface area contributed by atoms with Gasteiger partial charge in [0.15, 0.2) is 0 Å². The number of carbonyl (C=O) groups excluding carboxylic acids is 1. The Bertz CT molecular complexity index is 943. The number of hydrogen-bond acceptors (Lipinski definition) is 3. The molecule has 0 aliphatic heterocycles. The van der Waals surface area contributed by atoms with E-state index in [0.29, 0.717) is 23.7 Å². The van der Waals surface area contributed by atoms with Gasteiger partial charge in [-0.05, 0) is 56.4 Å². The number of aryl methyl sites for hydroxylation is 3. The molecule has 0 fully saturated rings. The molecule has 0 aromatic heterocycles. The van der Waals surface area contributed by atoms with Crippen molar-refractivity contribution < 1.29 is 13.2 Å². The number of anilines is 1. The number of amides is 1. The summed E-state index contributed by atoms with van der Waals surface area (Å²) in [5.74, 6) is -0.304. The van der Waals surface area contributed by atoms with E-state index in [1.54, 1.807) is 32.0 Å². The number of rotatable bonds is 9. The Balaban J connectivity index is 2.10. The van der Waals surface area contributed by atoms with Gasteiger partial charge in [0.25, 0.3) is 0 Å². The fourth-order valence-corrected chi connectivity index (χ4v) is 4.66. The molecular formula is C22H29ClN2O3S. The van der Waals surface area contributed by atoms with Crippen LogP contribution in [0, 0.1) is 13.8 Å². The summed E-state index contributed by atoms with van der Waals surface area (Å²) in [6, 6.07) is 12.5. The van der Waals surface area contributed by atoms with Gasteiger partial charge in [-0.15, -0.1) is 0 Å². The molecule has 1 N–H and O–H groups in total. The van der Waals surface area contributed by atoms with Crippen LogP contribution in [0.15, 0.2) is 42.5 Å². The Kier molecular flexibility index (Phi) is 8.11. The molecule has 1 atom stereocenters. The maximum Gasteiger partial charge on any atom is 0.243 e. The zero-order valence-corrected chi connectivity index (χ0v) is 19.0. The monoisotopic (exact) mass is 436 g/mol. The highest BCUT2D eigenvalue weighted by Gasteiger charge is 2.32. The highest BCUT2D eigenvalue weighted by molar-refractivity contribution is 7.92. The molecule has 0 aliphatic carbocycles. The number of hydrogen-bond donors (Lipinski definition) is 1. The molecule has 0 spiro atoms. The van der Waals surface area contributed by atoms with Crippen LogP contribution in [0.2, 0.25) is 5.02 Å². The summed E-state index contributed by atoms with van der Waals surface area (Å²) in [6.07, 6.45) is 3.09. The van der Waals surface area contributed by atoms with Gasteiger partial charge in [-0.2, -0.15) is 0 Å². The van der Waals surface area contributed by atoms with Crippen LogP contribution in [0.3, 0.4) is 0 Å².